The maximum atomic E-state index is 13.6. The van der Waals surface area contributed by atoms with E-state index in [4.69, 9.17) is 14.6 Å². The summed E-state index contributed by atoms with van der Waals surface area (Å²) in [5, 5.41) is 6.86. The van der Waals surface area contributed by atoms with Crippen LogP contribution in [0.25, 0.3) is 5.69 Å². The molecule has 1 amide bonds. The van der Waals surface area contributed by atoms with E-state index in [1.807, 2.05) is 87.8 Å². The molecular weight excluding hydrogens is 458 g/mol. The molecule has 1 atom stereocenters. The van der Waals surface area contributed by atoms with E-state index in [2.05, 4.69) is 6.92 Å². The van der Waals surface area contributed by atoms with Gasteiger partial charge >= 0.3 is 0 Å². The molecule has 3 heterocycles. The normalized spacial score (nSPS) is 15.3. The summed E-state index contributed by atoms with van der Waals surface area (Å²) >= 11 is 1.46. The molecule has 35 heavy (non-hydrogen) atoms. The van der Waals surface area contributed by atoms with E-state index in [1.165, 1.54) is 11.3 Å². The number of hydrogen-bond acceptors (Lipinski definition) is 5. The van der Waals surface area contributed by atoms with Crippen LogP contribution in [-0.4, -0.2) is 39.8 Å². The fraction of sp³-hybridized carbons (Fsp3) is 0.286. The smallest absolute Gasteiger partial charge is 0.264 e. The van der Waals surface area contributed by atoms with Crippen LogP contribution < -0.4 is 4.74 Å². The molecule has 1 saturated heterocycles. The number of para-hydroxylation sites is 2. The lowest BCUT2D eigenvalue weighted by Gasteiger charge is -2.25. The van der Waals surface area contributed by atoms with Crippen LogP contribution in [0, 0.1) is 0 Å². The van der Waals surface area contributed by atoms with Crippen molar-refractivity contribution in [2.24, 2.45) is 0 Å². The van der Waals surface area contributed by atoms with E-state index in [0.29, 0.717) is 19.0 Å². The highest BCUT2D eigenvalue weighted by atomic mass is 32.1. The van der Waals surface area contributed by atoms with Gasteiger partial charge in [0.1, 0.15) is 5.75 Å². The Bertz CT molecular complexity index is 1230. The summed E-state index contributed by atoms with van der Waals surface area (Å²) in [6.45, 7) is 3.77. The molecule has 0 aliphatic carbocycles. The number of hydrogen-bond donors (Lipinski definition) is 0. The highest BCUT2D eigenvalue weighted by Gasteiger charge is 2.28. The maximum Gasteiger partial charge on any atom is 0.264 e. The molecule has 1 aliphatic heterocycles. The van der Waals surface area contributed by atoms with Crippen LogP contribution in [0.5, 0.6) is 11.6 Å². The van der Waals surface area contributed by atoms with Gasteiger partial charge in [-0.1, -0.05) is 49.4 Å². The topological polar surface area (TPSA) is 56.6 Å². The molecular formula is C28H29N3O3S. The Labute approximate surface area is 209 Å². The molecule has 0 saturated carbocycles. The third kappa shape index (κ3) is 5.31. The van der Waals surface area contributed by atoms with Gasteiger partial charge in [0.05, 0.1) is 34.5 Å². The van der Waals surface area contributed by atoms with Crippen molar-refractivity contribution >= 4 is 17.2 Å². The Balaban J connectivity index is 1.56. The third-order valence-corrected chi connectivity index (χ3v) is 6.99. The van der Waals surface area contributed by atoms with Gasteiger partial charge in [0.2, 0.25) is 5.88 Å². The Morgan fingerprint density at radius 1 is 1.11 bits per heavy atom. The molecule has 5 rings (SSSR count). The number of amides is 1. The lowest BCUT2D eigenvalue weighted by atomic mass is 10.1. The molecule has 0 bridgehead atoms. The molecule has 0 spiro atoms. The molecule has 7 heteroatoms. The van der Waals surface area contributed by atoms with Crippen molar-refractivity contribution in [1.82, 2.24) is 14.7 Å². The number of rotatable bonds is 9. The lowest BCUT2D eigenvalue weighted by molar-refractivity contribution is 0.0509. The van der Waals surface area contributed by atoms with Crippen molar-refractivity contribution in [2.75, 3.05) is 13.2 Å². The largest absolute Gasteiger partial charge is 0.439 e. The van der Waals surface area contributed by atoms with Gasteiger partial charge in [-0.2, -0.15) is 5.10 Å². The minimum atomic E-state index is 0.00988. The van der Waals surface area contributed by atoms with E-state index in [0.717, 1.165) is 53.4 Å². The molecule has 2 aromatic heterocycles. The molecule has 180 valence electrons. The molecule has 1 unspecified atom stereocenters. The Morgan fingerprint density at radius 3 is 2.54 bits per heavy atom. The summed E-state index contributed by atoms with van der Waals surface area (Å²) in [6, 6.07) is 23.5. The van der Waals surface area contributed by atoms with E-state index in [9.17, 15) is 4.79 Å². The number of thiophene rings is 1. The number of benzene rings is 2. The summed E-state index contributed by atoms with van der Waals surface area (Å²) in [5.41, 5.74) is 2.74. The average Bonchev–Trinajstić information content (AvgIpc) is 3.67. The van der Waals surface area contributed by atoms with Gasteiger partial charge in [-0.3, -0.25) is 4.79 Å². The number of carbonyl (C=O) groups is 1. The zero-order valence-electron chi connectivity index (χ0n) is 19.8. The van der Waals surface area contributed by atoms with Crippen molar-refractivity contribution in [3.63, 3.8) is 0 Å². The predicted molar refractivity (Wildman–Crippen MR) is 137 cm³/mol. The van der Waals surface area contributed by atoms with Gasteiger partial charge in [0.15, 0.2) is 0 Å². The second kappa shape index (κ2) is 10.9. The van der Waals surface area contributed by atoms with Crippen molar-refractivity contribution in [2.45, 2.75) is 38.8 Å². The van der Waals surface area contributed by atoms with Gasteiger partial charge in [0.25, 0.3) is 5.91 Å². The van der Waals surface area contributed by atoms with Crippen molar-refractivity contribution in [3.8, 4) is 17.3 Å². The number of aromatic nitrogens is 2. The first kappa shape index (κ1) is 23.3. The van der Waals surface area contributed by atoms with Crippen LogP contribution in [0.3, 0.4) is 0 Å². The van der Waals surface area contributed by atoms with Crippen LogP contribution >= 0.6 is 11.3 Å². The van der Waals surface area contributed by atoms with Crippen molar-refractivity contribution in [3.05, 3.63) is 94.3 Å². The number of aryl methyl sites for hydroxylation is 1. The highest BCUT2D eigenvalue weighted by molar-refractivity contribution is 7.12. The average molecular weight is 488 g/mol. The zero-order valence-corrected chi connectivity index (χ0v) is 20.6. The summed E-state index contributed by atoms with van der Waals surface area (Å²) in [5.74, 6) is 1.37. The standard InChI is InChI=1S/C28H29N3O3S/c1-2-25-24(20-30(19-23-15-9-17-33-23)27(32)26-16-10-18-35-26)28(34-22-13-7-4-8-14-22)31(29-25)21-11-5-3-6-12-21/h3-8,10-14,16,18,23H,2,9,15,17,19-20H2,1H3. The van der Waals surface area contributed by atoms with Crippen LogP contribution in [-0.2, 0) is 17.7 Å². The lowest BCUT2D eigenvalue weighted by Crippen LogP contribution is -2.36. The van der Waals surface area contributed by atoms with Crippen LogP contribution in [0.4, 0.5) is 0 Å². The number of nitrogens with zero attached hydrogens (tertiary/aromatic N) is 3. The summed E-state index contributed by atoms with van der Waals surface area (Å²) in [7, 11) is 0. The zero-order chi connectivity index (χ0) is 24.0. The maximum absolute atomic E-state index is 13.6. The quantitative estimate of drug-likeness (QED) is 0.286. The molecule has 0 radical (unpaired) electrons. The van der Waals surface area contributed by atoms with Crippen LogP contribution in [0.15, 0.2) is 78.2 Å². The third-order valence-electron chi connectivity index (χ3n) is 6.13. The first-order valence-electron chi connectivity index (χ1n) is 12.1. The second-order valence-electron chi connectivity index (χ2n) is 8.54. The minimum Gasteiger partial charge on any atom is -0.439 e. The molecule has 4 aromatic rings. The first-order chi connectivity index (χ1) is 17.2. The van der Waals surface area contributed by atoms with E-state index in [-0.39, 0.29) is 12.0 Å². The molecule has 1 aliphatic rings. The summed E-state index contributed by atoms with van der Waals surface area (Å²) in [4.78, 5) is 16.2. The Morgan fingerprint density at radius 2 is 1.89 bits per heavy atom. The molecule has 2 aromatic carbocycles. The van der Waals surface area contributed by atoms with Crippen molar-refractivity contribution in [1.29, 1.82) is 0 Å². The number of ether oxygens (including phenoxy) is 2. The molecule has 1 fully saturated rings. The van der Waals surface area contributed by atoms with Gasteiger partial charge in [-0.15, -0.1) is 11.3 Å². The highest BCUT2D eigenvalue weighted by Crippen LogP contribution is 2.33. The van der Waals surface area contributed by atoms with E-state index in [1.54, 1.807) is 0 Å². The van der Waals surface area contributed by atoms with Gasteiger partial charge in [-0.25, -0.2) is 4.68 Å². The van der Waals surface area contributed by atoms with Gasteiger partial charge < -0.3 is 14.4 Å². The minimum absolute atomic E-state index is 0.00988. The van der Waals surface area contributed by atoms with Crippen LogP contribution in [0.2, 0.25) is 0 Å². The fourth-order valence-corrected chi connectivity index (χ4v) is 5.06. The van der Waals surface area contributed by atoms with Crippen LogP contribution in [0.1, 0.15) is 40.7 Å². The number of carbonyl (C=O) groups excluding carboxylic acids is 1. The first-order valence-corrected chi connectivity index (χ1v) is 12.9. The van der Waals surface area contributed by atoms with Gasteiger partial charge in [-0.05, 0) is 55.0 Å². The predicted octanol–water partition coefficient (Wildman–Crippen LogP) is 6.11. The fourth-order valence-electron chi connectivity index (χ4n) is 4.37. The SMILES string of the molecule is CCc1nn(-c2ccccc2)c(Oc2ccccc2)c1CN(CC1CCCO1)C(=O)c1cccs1. The van der Waals surface area contributed by atoms with E-state index >= 15 is 0 Å². The van der Waals surface area contributed by atoms with Gasteiger partial charge in [0, 0.05) is 13.2 Å². The Kier molecular flexibility index (Phi) is 7.25. The molecule has 6 nitrogen and oxygen atoms in total. The monoisotopic (exact) mass is 487 g/mol. The molecule has 0 N–H and O–H groups in total. The van der Waals surface area contributed by atoms with Crippen molar-refractivity contribution < 1.29 is 14.3 Å². The van der Waals surface area contributed by atoms with E-state index < -0.39 is 0 Å². The second-order valence-corrected chi connectivity index (χ2v) is 9.49. The Hall–Kier alpha value is -3.42. The summed E-state index contributed by atoms with van der Waals surface area (Å²) < 4.78 is 14.2. The summed E-state index contributed by atoms with van der Waals surface area (Å²) in [6.07, 6.45) is 2.76.